The van der Waals surface area contributed by atoms with Gasteiger partial charge in [0.15, 0.2) is 5.78 Å². The molecule has 5 heteroatoms. The summed E-state index contributed by atoms with van der Waals surface area (Å²) in [4.78, 5) is 12.7. The van der Waals surface area contributed by atoms with Crippen molar-refractivity contribution in [3.8, 4) is 17.2 Å². The Kier molecular flexibility index (Phi) is 5.41. The number of carbonyl (C=O) groups is 1. The van der Waals surface area contributed by atoms with E-state index in [4.69, 9.17) is 9.47 Å². The normalized spacial score (nSPS) is 11.0. The predicted octanol–water partition coefficient (Wildman–Crippen LogP) is 4.40. The van der Waals surface area contributed by atoms with Gasteiger partial charge < -0.3 is 9.47 Å². The number of allylic oxidation sites excluding steroid dienone is 1. The van der Waals surface area contributed by atoms with Gasteiger partial charge in [-0.3, -0.25) is 4.79 Å². The lowest BCUT2D eigenvalue weighted by Gasteiger charge is -2.08. The Labute approximate surface area is 158 Å². The number of aryl methyl sites for hydroxylation is 1. The highest BCUT2D eigenvalue weighted by Gasteiger charge is 2.13. The maximum atomic E-state index is 12.7. The molecule has 0 radical (unpaired) electrons. The van der Waals surface area contributed by atoms with Gasteiger partial charge in [-0.2, -0.15) is 5.10 Å². The summed E-state index contributed by atoms with van der Waals surface area (Å²) in [6.07, 6.45) is 3.36. The van der Waals surface area contributed by atoms with Crippen molar-refractivity contribution in [3.63, 3.8) is 0 Å². The monoisotopic (exact) mass is 362 g/mol. The fraction of sp³-hybridized carbons (Fsp3) is 0.182. The van der Waals surface area contributed by atoms with Crippen molar-refractivity contribution in [2.24, 2.45) is 0 Å². The van der Waals surface area contributed by atoms with Crippen LogP contribution in [0.25, 0.3) is 11.8 Å². The van der Waals surface area contributed by atoms with Crippen LogP contribution in [0.4, 0.5) is 0 Å². The fourth-order valence-corrected chi connectivity index (χ4v) is 2.97. The van der Waals surface area contributed by atoms with Crippen molar-refractivity contribution in [1.82, 2.24) is 9.78 Å². The van der Waals surface area contributed by atoms with Crippen molar-refractivity contribution < 1.29 is 14.3 Å². The molecule has 138 valence electrons. The largest absolute Gasteiger partial charge is 0.497 e. The van der Waals surface area contributed by atoms with Gasteiger partial charge in [0.2, 0.25) is 0 Å². The van der Waals surface area contributed by atoms with Crippen molar-refractivity contribution in [1.29, 1.82) is 0 Å². The number of methoxy groups -OCH3 is 2. The summed E-state index contributed by atoms with van der Waals surface area (Å²) in [6, 6.07) is 15.1. The van der Waals surface area contributed by atoms with Crippen LogP contribution in [0.3, 0.4) is 0 Å². The van der Waals surface area contributed by atoms with E-state index in [9.17, 15) is 4.79 Å². The second-order valence-corrected chi connectivity index (χ2v) is 6.10. The van der Waals surface area contributed by atoms with Gasteiger partial charge in [-0.15, -0.1) is 0 Å². The van der Waals surface area contributed by atoms with Gasteiger partial charge >= 0.3 is 0 Å². The Morgan fingerprint density at radius 2 is 1.78 bits per heavy atom. The predicted molar refractivity (Wildman–Crippen MR) is 106 cm³/mol. The van der Waals surface area contributed by atoms with Crippen LogP contribution in [0.2, 0.25) is 0 Å². The molecule has 27 heavy (non-hydrogen) atoms. The summed E-state index contributed by atoms with van der Waals surface area (Å²) in [6.45, 7) is 3.93. The van der Waals surface area contributed by atoms with Crippen LogP contribution in [-0.4, -0.2) is 29.8 Å². The third-order valence-electron chi connectivity index (χ3n) is 4.42. The topological polar surface area (TPSA) is 53.3 Å². The van der Waals surface area contributed by atoms with Crippen LogP contribution in [0.5, 0.6) is 11.5 Å². The number of hydrogen-bond acceptors (Lipinski definition) is 4. The van der Waals surface area contributed by atoms with Crippen LogP contribution in [0, 0.1) is 13.8 Å². The summed E-state index contributed by atoms with van der Waals surface area (Å²) < 4.78 is 12.4. The molecule has 0 aliphatic carbocycles. The van der Waals surface area contributed by atoms with Crippen molar-refractivity contribution in [2.75, 3.05) is 14.2 Å². The molecule has 3 aromatic rings. The molecule has 0 aliphatic rings. The molecule has 0 saturated carbocycles. The quantitative estimate of drug-likeness (QED) is 0.482. The van der Waals surface area contributed by atoms with Gasteiger partial charge in [-0.1, -0.05) is 18.2 Å². The number of nitrogens with zero attached hydrogens (tertiary/aromatic N) is 2. The zero-order chi connectivity index (χ0) is 19.4. The van der Waals surface area contributed by atoms with Gasteiger partial charge in [0.25, 0.3) is 0 Å². The van der Waals surface area contributed by atoms with Gasteiger partial charge in [0.05, 0.1) is 31.2 Å². The fourth-order valence-electron chi connectivity index (χ4n) is 2.97. The van der Waals surface area contributed by atoms with Crippen molar-refractivity contribution >= 4 is 11.9 Å². The zero-order valence-corrected chi connectivity index (χ0v) is 15.9. The molecule has 0 spiro atoms. The minimum Gasteiger partial charge on any atom is -0.497 e. The summed E-state index contributed by atoms with van der Waals surface area (Å²) >= 11 is 0. The minimum absolute atomic E-state index is 0.138. The number of benzene rings is 2. The number of aromatic nitrogens is 2. The smallest absolute Gasteiger partial charge is 0.189 e. The minimum atomic E-state index is -0.138. The number of para-hydroxylation sites is 1. The van der Waals surface area contributed by atoms with E-state index in [-0.39, 0.29) is 5.78 Å². The van der Waals surface area contributed by atoms with E-state index in [1.165, 1.54) is 7.11 Å². The summed E-state index contributed by atoms with van der Waals surface area (Å²) in [5.41, 5.74) is 4.24. The lowest BCUT2D eigenvalue weighted by molar-refractivity contribution is 0.104. The van der Waals surface area contributed by atoms with Crippen molar-refractivity contribution in [3.05, 3.63) is 77.1 Å². The highest BCUT2D eigenvalue weighted by molar-refractivity contribution is 6.08. The number of rotatable bonds is 6. The van der Waals surface area contributed by atoms with Gasteiger partial charge in [0.1, 0.15) is 11.5 Å². The average Bonchev–Trinajstić information content (AvgIpc) is 2.99. The second kappa shape index (κ2) is 7.91. The molecule has 0 aliphatic heterocycles. The number of ether oxygens (including phenoxy) is 2. The zero-order valence-electron chi connectivity index (χ0n) is 15.9. The lowest BCUT2D eigenvalue weighted by Crippen LogP contribution is -2.00. The van der Waals surface area contributed by atoms with Crippen LogP contribution < -0.4 is 9.47 Å². The molecule has 3 rings (SSSR count). The average molecular weight is 362 g/mol. The third-order valence-corrected chi connectivity index (χ3v) is 4.42. The molecular formula is C22H22N2O3. The molecule has 0 unspecified atom stereocenters. The number of carbonyl (C=O) groups excluding carboxylic acids is 1. The molecular weight excluding hydrogens is 340 g/mol. The van der Waals surface area contributed by atoms with Gasteiger partial charge in [-0.25, -0.2) is 4.68 Å². The van der Waals surface area contributed by atoms with E-state index in [0.29, 0.717) is 17.1 Å². The van der Waals surface area contributed by atoms with E-state index < -0.39 is 0 Å². The highest BCUT2D eigenvalue weighted by atomic mass is 16.5. The molecule has 0 N–H and O–H groups in total. The first-order chi connectivity index (χ1) is 13.0. The van der Waals surface area contributed by atoms with Crippen LogP contribution in [0.15, 0.2) is 54.6 Å². The Balaban J connectivity index is 1.91. The Morgan fingerprint density at radius 1 is 1.04 bits per heavy atom. The third kappa shape index (κ3) is 3.77. The maximum Gasteiger partial charge on any atom is 0.189 e. The SMILES string of the molecule is COc1ccc(C(=O)/C=C/c2c(C)nn(-c3ccccc3)c2C)c(OC)c1. The van der Waals surface area contributed by atoms with E-state index in [0.717, 1.165) is 22.6 Å². The molecule has 1 heterocycles. The van der Waals surface area contributed by atoms with E-state index >= 15 is 0 Å². The molecule has 5 nitrogen and oxygen atoms in total. The highest BCUT2D eigenvalue weighted by Crippen LogP contribution is 2.26. The lowest BCUT2D eigenvalue weighted by atomic mass is 10.1. The van der Waals surface area contributed by atoms with E-state index in [1.54, 1.807) is 31.4 Å². The summed E-state index contributed by atoms with van der Waals surface area (Å²) in [5, 5.41) is 4.60. The van der Waals surface area contributed by atoms with Gasteiger partial charge in [-0.05, 0) is 50.3 Å². The van der Waals surface area contributed by atoms with Crippen LogP contribution >= 0.6 is 0 Å². The molecule has 2 aromatic carbocycles. The maximum absolute atomic E-state index is 12.7. The Morgan fingerprint density at radius 3 is 2.44 bits per heavy atom. The first-order valence-electron chi connectivity index (χ1n) is 8.61. The van der Waals surface area contributed by atoms with Crippen molar-refractivity contribution in [2.45, 2.75) is 13.8 Å². The first-order valence-corrected chi connectivity index (χ1v) is 8.61. The van der Waals surface area contributed by atoms with Gasteiger partial charge in [0, 0.05) is 17.3 Å². The molecule has 0 atom stereocenters. The summed E-state index contributed by atoms with van der Waals surface area (Å²) in [7, 11) is 3.11. The number of hydrogen-bond donors (Lipinski definition) is 0. The van der Waals surface area contributed by atoms with E-state index in [1.807, 2.05) is 54.9 Å². The standard InChI is InChI=1S/C22H22N2O3/c1-15-19(16(2)24(23-15)17-8-6-5-7-9-17)12-13-21(25)20-11-10-18(26-3)14-22(20)27-4/h5-14H,1-4H3/b13-12+. The molecule has 0 bridgehead atoms. The Bertz CT molecular complexity index is 988. The molecule has 0 saturated heterocycles. The molecule has 1 aromatic heterocycles. The molecule has 0 fully saturated rings. The van der Waals surface area contributed by atoms with Crippen LogP contribution in [-0.2, 0) is 0 Å². The first kappa shape index (κ1) is 18.5. The second-order valence-electron chi connectivity index (χ2n) is 6.10. The van der Waals surface area contributed by atoms with E-state index in [2.05, 4.69) is 5.10 Å². The summed E-state index contributed by atoms with van der Waals surface area (Å²) in [5.74, 6) is 0.987. The molecule has 0 amide bonds. The van der Waals surface area contributed by atoms with Crippen LogP contribution in [0.1, 0.15) is 27.3 Å². The Hall–Kier alpha value is -3.34. The number of ketones is 1.